The van der Waals surface area contributed by atoms with E-state index in [9.17, 15) is 4.79 Å². The number of carbonyl (C=O) groups excluding carboxylic acids is 1. The van der Waals surface area contributed by atoms with Crippen molar-refractivity contribution in [1.82, 2.24) is 10.3 Å². The Balaban J connectivity index is 1.37. The van der Waals surface area contributed by atoms with Gasteiger partial charge in [-0.25, -0.2) is 4.98 Å². The normalized spacial score (nSPS) is 14.9. The molecule has 0 saturated heterocycles. The number of aromatic nitrogens is 1. The summed E-state index contributed by atoms with van der Waals surface area (Å²) in [6.45, 7) is 0.685. The number of nitrogens with two attached hydrogens (primary N) is 1. The number of hydrogen-bond acceptors (Lipinski definition) is 4. The van der Waals surface area contributed by atoms with Gasteiger partial charge in [-0.05, 0) is 37.7 Å². The Hall–Kier alpha value is -1.72. The van der Waals surface area contributed by atoms with E-state index in [0.717, 1.165) is 24.8 Å². The smallest absolute Gasteiger partial charge is 0.221 e. The van der Waals surface area contributed by atoms with Crippen LogP contribution in [0.2, 0.25) is 0 Å². The van der Waals surface area contributed by atoms with Crippen LogP contribution in [-0.2, 0) is 24.1 Å². The number of thiazole rings is 1. The molecule has 0 aliphatic heterocycles. The molecule has 5 heteroatoms. The summed E-state index contributed by atoms with van der Waals surface area (Å²) >= 11 is 1.86. The van der Waals surface area contributed by atoms with E-state index < -0.39 is 0 Å². The molecular weight excluding hydrogens is 318 g/mol. The number of hydrogen-bond donors (Lipinski definition) is 2. The van der Waals surface area contributed by atoms with Crippen LogP contribution in [0.1, 0.15) is 52.9 Å². The largest absolute Gasteiger partial charge is 0.356 e. The van der Waals surface area contributed by atoms with Gasteiger partial charge >= 0.3 is 0 Å². The van der Waals surface area contributed by atoms with Crippen molar-refractivity contribution in [2.45, 2.75) is 51.0 Å². The zero-order chi connectivity index (χ0) is 16.8. The van der Waals surface area contributed by atoms with Crippen LogP contribution in [0, 0.1) is 0 Å². The van der Waals surface area contributed by atoms with Crippen LogP contribution in [0.15, 0.2) is 30.3 Å². The molecule has 4 nitrogen and oxygen atoms in total. The fourth-order valence-corrected chi connectivity index (χ4v) is 4.27. The van der Waals surface area contributed by atoms with E-state index >= 15 is 0 Å². The van der Waals surface area contributed by atoms with Gasteiger partial charge in [-0.1, -0.05) is 30.3 Å². The quantitative estimate of drug-likeness (QED) is 0.759. The summed E-state index contributed by atoms with van der Waals surface area (Å²) in [6, 6.07) is 9.52. The maximum absolute atomic E-state index is 12.0. The van der Waals surface area contributed by atoms with Crippen molar-refractivity contribution in [3.05, 3.63) is 51.5 Å². The van der Waals surface area contributed by atoms with Crippen molar-refractivity contribution in [3.63, 3.8) is 0 Å². The summed E-state index contributed by atoms with van der Waals surface area (Å²) in [5.74, 6) is 0.0183. The van der Waals surface area contributed by atoms with E-state index in [4.69, 9.17) is 10.7 Å². The lowest BCUT2D eigenvalue weighted by Gasteiger charge is -2.11. The molecule has 3 N–H and O–H groups in total. The van der Waals surface area contributed by atoms with Crippen LogP contribution in [0.5, 0.6) is 0 Å². The van der Waals surface area contributed by atoms with Gasteiger partial charge in [0.2, 0.25) is 5.91 Å². The Kier molecular flexibility index (Phi) is 5.99. The summed E-state index contributed by atoms with van der Waals surface area (Å²) < 4.78 is 0. The first-order valence-electron chi connectivity index (χ1n) is 8.77. The molecule has 2 aromatic rings. The molecule has 1 aromatic heterocycles. The predicted molar refractivity (Wildman–Crippen MR) is 98.1 cm³/mol. The van der Waals surface area contributed by atoms with E-state index in [1.54, 1.807) is 0 Å². The number of rotatable bonds is 7. The monoisotopic (exact) mass is 343 g/mol. The van der Waals surface area contributed by atoms with Gasteiger partial charge in [-0.15, -0.1) is 11.3 Å². The SMILES string of the molecule is NC(CC(=O)NCCCc1nc2c(s1)CCCC2)c1ccccc1. The maximum Gasteiger partial charge on any atom is 0.221 e. The third-order valence-electron chi connectivity index (χ3n) is 4.41. The Morgan fingerprint density at radius 2 is 2.04 bits per heavy atom. The van der Waals surface area contributed by atoms with Crippen molar-refractivity contribution in [3.8, 4) is 0 Å². The first-order chi connectivity index (χ1) is 11.7. The van der Waals surface area contributed by atoms with Crippen LogP contribution < -0.4 is 11.1 Å². The maximum atomic E-state index is 12.0. The average Bonchev–Trinajstić information content (AvgIpc) is 3.02. The second-order valence-electron chi connectivity index (χ2n) is 6.36. The standard InChI is InChI=1S/C19H25N3OS/c20-15(14-7-2-1-3-8-14)13-18(23)21-12-6-11-19-22-16-9-4-5-10-17(16)24-19/h1-3,7-8,15H,4-6,9-13,20H2,(H,21,23). The third kappa shape index (κ3) is 4.65. The highest BCUT2D eigenvalue weighted by molar-refractivity contribution is 7.11. The van der Waals surface area contributed by atoms with Crippen LogP contribution in [-0.4, -0.2) is 17.4 Å². The number of benzene rings is 1. The lowest BCUT2D eigenvalue weighted by Crippen LogP contribution is -2.28. The van der Waals surface area contributed by atoms with Crippen molar-refractivity contribution in [2.75, 3.05) is 6.54 Å². The van der Waals surface area contributed by atoms with Gasteiger partial charge in [-0.3, -0.25) is 4.79 Å². The molecule has 1 aliphatic rings. The van der Waals surface area contributed by atoms with Crippen molar-refractivity contribution >= 4 is 17.2 Å². The van der Waals surface area contributed by atoms with Crippen LogP contribution in [0.3, 0.4) is 0 Å². The van der Waals surface area contributed by atoms with Crippen molar-refractivity contribution in [2.24, 2.45) is 5.73 Å². The molecule has 0 radical (unpaired) electrons. The first kappa shape index (κ1) is 17.1. The highest BCUT2D eigenvalue weighted by Crippen LogP contribution is 2.27. The Labute approximate surface area is 147 Å². The van der Waals surface area contributed by atoms with Gasteiger partial charge in [0.05, 0.1) is 10.7 Å². The molecular formula is C19H25N3OS. The van der Waals surface area contributed by atoms with Crippen molar-refractivity contribution < 1.29 is 4.79 Å². The molecule has 0 spiro atoms. The summed E-state index contributed by atoms with van der Waals surface area (Å²) in [5, 5.41) is 4.19. The Morgan fingerprint density at radius 1 is 1.25 bits per heavy atom. The number of carbonyl (C=O) groups is 1. The zero-order valence-electron chi connectivity index (χ0n) is 14.0. The predicted octanol–water partition coefficient (Wildman–Crippen LogP) is 3.16. The molecule has 3 rings (SSSR count). The van der Waals surface area contributed by atoms with E-state index in [-0.39, 0.29) is 11.9 Å². The number of aryl methyl sites for hydroxylation is 3. The number of amides is 1. The van der Waals surface area contributed by atoms with E-state index in [1.165, 1.54) is 34.8 Å². The van der Waals surface area contributed by atoms with Crippen molar-refractivity contribution in [1.29, 1.82) is 0 Å². The highest BCUT2D eigenvalue weighted by atomic mass is 32.1. The second-order valence-corrected chi connectivity index (χ2v) is 7.53. The lowest BCUT2D eigenvalue weighted by molar-refractivity contribution is -0.121. The summed E-state index contributed by atoms with van der Waals surface area (Å²) in [7, 11) is 0. The average molecular weight is 343 g/mol. The minimum atomic E-state index is -0.239. The van der Waals surface area contributed by atoms with Crippen LogP contribution in [0.4, 0.5) is 0 Å². The second kappa shape index (κ2) is 8.40. The minimum absolute atomic E-state index is 0.0183. The first-order valence-corrected chi connectivity index (χ1v) is 9.58. The molecule has 1 aromatic carbocycles. The van der Waals surface area contributed by atoms with E-state index in [0.29, 0.717) is 13.0 Å². The van der Waals surface area contributed by atoms with Gasteiger partial charge < -0.3 is 11.1 Å². The third-order valence-corrected chi connectivity index (χ3v) is 5.63. The molecule has 0 saturated carbocycles. The topological polar surface area (TPSA) is 68.0 Å². The molecule has 1 amide bonds. The van der Waals surface area contributed by atoms with Crippen LogP contribution >= 0.6 is 11.3 Å². The van der Waals surface area contributed by atoms with Gasteiger partial charge in [0.15, 0.2) is 0 Å². The van der Waals surface area contributed by atoms with Gasteiger partial charge in [0.1, 0.15) is 0 Å². The highest BCUT2D eigenvalue weighted by Gasteiger charge is 2.15. The van der Waals surface area contributed by atoms with Gasteiger partial charge in [0, 0.05) is 30.3 Å². The summed E-state index contributed by atoms with van der Waals surface area (Å²) in [6.07, 6.45) is 7.11. The molecule has 0 bridgehead atoms. The minimum Gasteiger partial charge on any atom is -0.356 e. The fourth-order valence-electron chi connectivity index (χ4n) is 3.07. The Bertz CT molecular complexity index is 645. The van der Waals surface area contributed by atoms with Gasteiger partial charge in [-0.2, -0.15) is 0 Å². The number of fused-ring (bicyclic) bond motifs is 1. The Morgan fingerprint density at radius 3 is 2.83 bits per heavy atom. The molecule has 1 heterocycles. The fraction of sp³-hybridized carbons (Fsp3) is 0.474. The molecule has 1 unspecified atom stereocenters. The van der Waals surface area contributed by atoms with E-state index in [1.807, 2.05) is 41.7 Å². The molecule has 24 heavy (non-hydrogen) atoms. The molecule has 1 aliphatic carbocycles. The summed E-state index contributed by atoms with van der Waals surface area (Å²) in [5.41, 5.74) is 8.40. The molecule has 128 valence electrons. The number of nitrogens with one attached hydrogen (secondary N) is 1. The summed E-state index contributed by atoms with van der Waals surface area (Å²) in [4.78, 5) is 18.2. The lowest BCUT2D eigenvalue weighted by atomic mass is 10.0. The number of nitrogens with zero attached hydrogens (tertiary/aromatic N) is 1. The molecule has 0 fully saturated rings. The zero-order valence-corrected chi connectivity index (χ0v) is 14.8. The molecule has 1 atom stereocenters. The van der Waals surface area contributed by atoms with Crippen LogP contribution in [0.25, 0.3) is 0 Å². The van der Waals surface area contributed by atoms with E-state index in [2.05, 4.69) is 5.32 Å². The van der Waals surface area contributed by atoms with Gasteiger partial charge in [0.25, 0.3) is 0 Å².